The van der Waals surface area contributed by atoms with Gasteiger partial charge in [-0.15, -0.1) is 0 Å². The van der Waals surface area contributed by atoms with Gasteiger partial charge in [0.25, 0.3) is 0 Å². The maximum absolute atomic E-state index is 12.5. The minimum atomic E-state index is 0.104. The Morgan fingerprint density at radius 3 is 1.93 bits per heavy atom. The zero-order valence-electron chi connectivity index (χ0n) is 20.2. The molecule has 1 aliphatic heterocycles. The van der Waals surface area contributed by atoms with Crippen LogP contribution in [0, 0.1) is 29.6 Å². The molecule has 170 valence electrons. The minimum Gasteiger partial charge on any atom is -0.285 e. The van der Waals surface area contributed by atoms with Gasteiger partial charge in [0, 0.05) is 0 Å². The van der Waals surface area contributed by atoms with E-state index in [0.717, 1.165) is 36.4 Å². The SMILES string of the molecule is CC(C)CCCC(C)CCCC(C)CCCC(C)C1CN(c2ccccc2)NC1=O. The fourth-order valence-electron chi connectivity index (χ4n) is 4.72. The van der Waals surface area contributed by atoms with Gasteiger partial charge in [0.2, 0.25) is 5.91 Å². The third kappa shape index (κ3) is 8.70. The molecule has 0 aliphatic carbocycles. The summed E-state index contributed by atoms with van der Waals surface area (Å²) >= 11 is 0. The molecule has 0 radical (unpaired) electrons. The van der Waals surface area contributed by atoms with Crippen molar-refractivity contribution in [1.82, 2.24) is 5.43 Å². The van der Waals surface area contributed by atoms with Crippen molar-refractivity contribution in [1.29, 1.82) is 0 Å². The predicted octanol–water partition coefficient (Wildman–Crippen LogP) is 7.23. The second-order valence-corrected chi connectivity index (χ2v) is 10.4. The number of amides is 1. The van der Waals surface area contributed by atoms with Crippen LogP contribution in [0.3, 0.4) is 0 Å². The standard InChI is InChI=1S/C27H46N2O/c1-21(2)12-9-13-22(3)14-10-15-23(4)16-11-17-24(5)26-20-29(28-27(26)30)25-18-7-6-8-19-25/h6-8,18-19,21-24,26H,9-17,20H2,1-5H3,(H,28,30). The molecule has 3 heteroatoms. The summed E-state index contributed by atoms with van der Waals surface area (Å²) in [6.45, 7) is 12.5. The van der Waals surface area contributed by atoms with Crippen molar-refractivity contribution in [2.45, 2.75) is 92.4 Å². The van der Waals surface area contributed by atoms with Crippen molar-refractivity contribution < 1.29 is 4.79 Å². The smallest absolute Gasteiger partial charge is 0.243 e. The van der Waals surface area contributed by atoms with E-state index >= 15 is 0 Å². The van der Waals surface area contributed by atoms with Gasteiger partial charge >= 0.3 is 0 Å². The molecule has 4 unspecified atom stereocenters. The van der Waals surface area contributed by atoms with E-state index in [9.17, 15) is 4.79 Å². The molecule has 4 atom stereocenters. The second kappa shape index (κ2) is 13.0. The number of nitrogens with one attached hydrogen (secondary N) is 1. The first-order valence-electron chi connectivity index (χ1n) is 12.5. The first-order chi connectivity index (χ1) is 14.4. The van der Waals surface area contributed by atoms with Crippen LogP contribution < -0.4 is 10.4 Å². The van der Waals surface area contributed by atoms with Crippen LogP contribution in [0.5, 0.6) is 0 Å². The van der Waals surface area contributed by atoms with E-state index in [1.165, 1.54) is 51.4 Å². The molecule has 1 aromatic rings. The van der Waals surface area contributed by atoms with Crippen LogP contribution in [-0.2, 0) is 4.79 Å². The molecular weight excluding hydrogens is 368 g/mol. The van der Waals surface area contributed by atoms with E-state index < -0.39 is 0 Å². The van der Waals surface area contributed by atoms with Crippen molar-refractivity contribution in [2.24, 2.45) is 29.6 Å². The van der Waals surface area contributed by atoms with Crippen LogP contribution in [0.4, 0.5) is 5.69 Å². The Bertz CT molecular complexity index is 600. The van der Waals surface area contributed by atoms with Crippen molar-refractivity contribution in [3.05, 3.63) is 30.3 Å². The monoisotopic (exact) mass is 414 g/mol. The topological polar surface area (TPSA) is 32.3 Å². The maximum atomic E-state index is 12.5. The highest BCUT2D eigenvalue weighted by Crippen LogP contribution is 2.28. The van der Waals surface area contributed by atoms with Crippen LogP contribution in [0.1, 0.15) is 92.4 Å². The Labute approximate surface area is 186 Å². The second-order valence-electron chi connectivity index (χ2n) is 10.4. The number of carbonyl (C=O) groups is 1. The van der Waals surface area contributed by atoms with Gasteiger partial charge in [-0.1, -0.05) is 104 Å². The predicted molar refractivity (Wildman–Crippen MR) is 129 cm³/mol. The van der Waals surface area contributed by atoms with Gasteiger partial charge < -0.3 is 0 Å². The van der Waals surface area contributed by atoms with Gasteiger partial charge in [-0.05, 0) is 42.2 Å². The van der Waals surface area contributed by atoms with Crippen molar-refractivity contribution in [3.8, 4) is 0 Å². The molecule has 1 aliphatic rings. The normalized spacial score (nSPS) is 19.7. The number of benzene rings is 1. The highest BCUT2D eigenvalue weighted by atomic mass is 16.2. The molecular formula is C27H46N2O. The van der Waals surface area contributed by atoms with Crippen LogP contribution >= 0.6 is 0 Å². The summed E-state index contributed by atoms with van der Waals surface area (Å²) in [5.74, 6) is 3.25. The zero-order valence-corrected chi connectivity index (χ0v) is 20.2. The Morgan fingerprint density at radius 2 is 1.37 bits per heavy atom. The molecule has 1 N–H and O–H groups in total. The van der Waals surface area contributed by atoms with Crippen molar-refractivity contribution in [2.75, 3.05) is 11.6 Å². The van der Waals surface area contributed by atoms with E-state index in [0.29, 0.717) is 5.92 Å². The van der Waals surface area contributed by atoms with Gasteiger partial charge in [-0.25, -0.2) is 0 Å². The first-order valence-corrected chi connectivity index (χ1v) is 12.5. The summed E-state index contributed by atoms with van der Waals surface area (Å²) in [7, 11) is 0. The molecule has 0 aromatic heterocycles. The maximum Gasteiger partial charge on any atom is 0.243 e. The van der Waals surface area contributed by atoms with Gasteiger partial charge in [0.05, 0.1) is 18.2 Å². The molecule has 0 spiro atoms. The molecule has 1 fully saturated rings. The Hall–Kier alpha value is -1.51. The largest absolute Gasteiger partial charge is 0.285 e. The molecule has 1 saturated heterocycles. The molecule has 30 heavy (non-hydrogen) atoms. The van der Waals surface area contributed by atoms with Crippen LogP contribution in [0.2, 0.25) is 0 Å². The fourth-order valence-corrected chi connectivity index (χ4v) is 4.72. The summed E-state index contributed by atoms with van der Waals surface area (Å²) in [5, 5.41) is 2.01. The summed E-state index contributed by atoms with van der Waals surface area (Å²) in [5.41, 5.74) is 4.13. The van der Waals surface area contributed by atoms with E-state index in [1.807, 2.05) is 23.2 Å². The molecule has 1 aromatic carbocycles. The first kappa shape index (κ1) is 24.8. The van der Waals surface area contributed by atoms with Gasteiger partial charge in [0.1, 0.15) is 0 Å². The number of carbonyl (C=O) groups excluding carboxylic acids is 1. The number of hydrogen-bond donors (Lipinski definition) is 1. The molecule has 2 rings (SSSR count). The lowest BCUT2D eigenvalue weighted by Gasteiger charge is -2.20. The van der Waals surface area contributed by atoms with Crippen molar-refractivity contribution in [3.63, 3.8) is 0 Å². The number of anilines is 1. The zero-order chi connectivity index (χ0) is 21.9. The highest BCUT2D eigenvalue weighted by molar-refractivity contribution is 5.84. The van der Waals surface area contributed by atoms with Crippen LogP contribution in [0.25, 0.3) is 0 Å². The van der Waals surface area contributed by atoms with E-state index in [4.69, 9.17) is 0 Å². The fraction of sp³-hybridized carbons (Fsp3) is 0.741. The van der Waals surface area contributed by atoms with E-state index in [1.54, 1.807) is 0 Å². The Balaban J connectivity index is 1.59. The van der Waals surface area contributed by atoms with Crippen LogP contribution in [-0.4, -0.2) is 12.5 Å². The number of nitrogens with zero attached hydrogens (tertiary/aromatic N) is 1. The number of rotatable bonds is 14. The van der Waals surface area contributed by atoms with E-state index in [-0.39, 0.29) is 11.8 Å². The molecule has 3 nitrogen and oxygen atoms in total. The summed E-state index contributed by atoms with van der Waals surface area (Å²) in [4.78, 5) is 12.5. The van der Waals surface area contributed by atoms with Gasteiger partial charge in [-0.2, -0.15) is 0 Å². The Kier molecular flexibility index (Phi) is 10.7. The molecule has 1 amide bonds. The average molecular weight is 415 g/mol. The quantitative estimate of drug-likeness (QED) is 0.348. The average Bonchev–Trinajstić information content (AvgIpc) is 3.10. The molecule has 0 bridgehead atoms. The lowest BCUT2D eigenvalue weighted by molar-refractivity contribution is -0.123. The van der Waals surface area contributed by atoms with Gasteiger partial charge in [-0.3, -0.25) is 15.2 Å². The number of hydrazine groups is 1. The third-order valence-corrected chi connectivity index (χ3v) is 6.94. The third-order valence-electron chi connectivity index (χ3n) is 6.94. The van der Waals surface area contributed by atoms with Gasteiger partial charge in [0.15, 0.2) is 0 Å². The number of hydrogen-bond acceptors (Lipinski definition) is 2. The lowest BCUT2D eigenvalue weighted by atomic mass is 9.87. The van der Waals surface area contributed by atoms with Crippen LogP contribution in [0.15, 0.2) is 30.3 Å². The highest BCUT2D eigenvalue weighted by Gasteiger charge is 2.34. The Morgan fingerprint density at radius 1 is 0.833 bits per heavy atom. The van der Waals surface area contributed by atoms with Crippen molar-refractivity contribution >= 4 is 11.6 Å². The molecule has 1 heterocycles. The van der Waals surface area contributed by atoms with E-state index in [2.05, 4.69) is 52.2 Å². The number of para-hydroxylation sites is 1. The summed E-state index contributed by atoms with van der Waals surface area (Å²) in [6, 6.07) is 10.2. The minimum absolute atomic E-state index is 0.104. The summed E-state index contributed by atoms with van der Waals surface area (Å²) < 4.78 is 0. The summed E-state index contributed by atoms with van der Waals surface area (Å²) in [6.07, 6.45) is 12.0. The molecule has 0 saturated carbocycles. The lowest BCUT2D eigenvalue weighted by Crippen LogP contribution is -2.32.